The van der Waals surface area contributed by atoms with Crippen LogP contribution in [0.2, 0.25) is 4.47 Å². The van der Waals surface area contributed by atoms with Gasteiger partial charge in [-0.05, 0) is 25.1 Å². The first-order valence-corrected chi connectivity index (χ1v) is 9.71. The number of para-hydroxylation sites is 1. The molecule has 1 aromatic carbocycles. The summed E-state index contributed by atoms with van der Waals surface area (Å²) in [6.45, 7) is 2.22. The number of nitrogens with zero attached hydrogens (tertiary/aromatic N) is 3. The minimum Gasteiger partial charge on any atom is -0.496 e. The molecule has 0 radical (unpaired) electrons. The number of hydrogen-bond acceptors (Lipinski definition) is 5. The van der Waals surface area contributed by atoms with E-state index in [0.717, 1.165) is 10.4 Å². The molecule has 0 amide bonds. The van der Waals surface area contributed by atoms with Gasteiger partial charge in [-0.1, -0.05) is 29.8 Å². The molecule has 0 bridgehead atoms. The standard InChI is InChI=1S/C20H16ClN3O3S/c1-12-6-5-9-23-17(12)24(11-13-10-22-20(21)28-13)19(26)16(18(23)25)14-7-3-4-8-15(14)27-2/h3-10H,11H2,1-2H3/p+1. The molecule has 0 aliphatic heterocycles. The lowest BCUT2D eigenvalue weighted by atomic mass is 10.1. The van der Waals surface area contributed by atoms with Crippen LogP contribution in [0.5, 0.6) is 11.6 Å². The minimum absolute atomic E-state index is 0.131. The molecule has 0 aliphatic rings. The highest BCUT2D eigenvalue weighted by molar-refractivity contribution is 7.15. The highest BCUT2D eigenvalue weighted by Gasteiger charge is 2.28. The van der Waals surface area contributed by atoms with Gasteiger partial charge in [0.05, 0.1) is 18.2 Å². The second-order valence-electron chi connectivity index (χ2n) is 6.25. The first kappa shape index (κ1) is 18.5. The van der Waals surface area contributed by atoms with Gasteiger partial charge in [0, 0.05) is 17.3 Å². The SMILES string of the molecule is COc1ccccc1-c1c(O)n(Cc2cnc(Cl)s2)c2c(C)ccc[n+]2c1=O. The summed E-state index contributed by atoms with van der Waals surface area (Å²) in [5.41, 5.74) is 1.85. The van der Waals surface area contributed by atoms with Crippen LogP contribution in [0.1, 0.15) is 10.4 Å². The Labute approximate surface area is 169 Å². The summed E-state index contributed by atoms with van der Waals surface area (Å²) in [5.74, 6) is 0.378. The minimum atomic E-state index is -0.320. The molecule has 0 spiro atoms. The molecule has 3 aromatic heterocycles. The van der Waals surface area contributed by atoms with E-state index in [1.165, 1.54) is 18.4 Å². The van der Waals surface area contributed by atoms with Gasteiger partial charge in [0.15, 0.2) is 10.0 Å². The quantitative estimate of drug-likeness (QED) is 0.519. The van der Waals surface area contributed by atoms with Gasteiger partial charge in [0.1, 0.15) is 12.3 Å². The van der Waals surface area contributed by atoms with Gasteiger partial charge in [-0.25, -0.2) is 9.78 Å². The van der Waals surface area contributed by atoms with Crippen LogP contribution >= 0.6 is 22.9 Å². The average molecular weight is 415 g/mol. The van der Waals surface area contributed by atoms with Crippen LogP contribution in [-0.2, 0) is 6.54 Å². The van der Waals surface area contributed by atoms with E-state index in [-0.39, 0.29) is 17.0 Å². The molecule has 6 nitrogen and oxygen atoms in total. The second kappa shape index (κ2) is 7.26. The third-order valence-electron chi connectivity index (χ3n) is 4.55. The monoisotopic (exact) mass is 414 g/mol. The maximum atomic E-state index is 13.3. The molecular weight excluding hydrogens is 398 g/mol. The predicted molar refractivity (Wildman–Crippen MR) is 108 cm³/mol. The summed E-state index contributed by atoms with van der Waals surface area (Å²) in [4.78, 5) is 18.2. The summed E-state index contributed by atoms with van der Waals surface area (Å²) < 4.78 is 9.08. The number of methoxy groups -OCH3 is 1. The van der Waals surface area contributed by atoms with E-state index >= 15 is 0 Å². The van der Waals surface area contributed by atoms with Crippen molar-refractivity contribution in [3.63, 3.8) is 0 Å². The lowest BCUT2D eigenvalue weighted by molar-refractivity contribution is -0.532. The Morgan fingerprint density at radius 3 is 2.79 bits per heavy atom. The number of fused-ring (bicyclic) bond motifs is 1. The Balaban J connectivity index is 2.08. The van der Waals surface area contributed by atoms with E-state index in [1.807, 2.05) is 19.1 Å². The lowest BCUT2D eigenvalue weighted by Crippen LogP contribution is -2.44. The molecule has 4 rings (SSSR count). The third-order valence-corrected chi connectivity index (χ3v) is 5.65. The predicted octanol–water partition coefficient (Wildman–Crippen LogP) is 3.43. The number of hydrogen-bond donors (Lipinski definition) is 1. The van der Waals surface area contributed by atoms with Crippen LogP contribution in [0, 0.1) is 6.92 Å². The van der Waals surface area contributed by atoms with E-state index in [4.69, 9.17) is 16.3 Å². The van der Waals surface area contributed by atoms with Crippen molar-refractivity contribution >= 4 is 28.6 Å². The maximum absolute atomic E-state index is 13.3. The number of ether oxygens (including phenoxy) is 1. The molecule has 28 heavy (non-hydrogen) atoms. The first-order valence-electron chi connectivity index (χ1n) is 8.51. The third kappa shape index (κ3) is 3.02. The Hall–Kier alpha value is -2.90. The number of aromatic nitrogens is 3. The summed E-state index contributed by atoms with van der Waals surface area (Å²) in [7, 11) is 1.53. The van der Waals surface area contributed by atoms with E-state index in [1.54, 1.807) is 45.6 Å². The summed E-state index contributed by atoms with van der Waals surface area (Å²) in [6, 6.07) is 10.8. The molecule has 142 valence electrons. The van der Waals surface area contributed by atoms with Crippen molar-refractivity contribution < 1.29 is 14.2 Å². The highest BCUT2D eigenvalue weighted by atomic mass is 35.5. The number of thiazole rings is 1. The van der Waals surface area contributed by atoms with Crippen LogP contribution in [0.3, 0.4) is 0 Å². The molecule has 0 saturated carbocycles. The van der Waals surface area contributed by atoms with E-state index in [9.17, 15) is 9.90 Å². The van der Waals surface area contributed by atoms with Crippen LogP contribution in [0.25, 0.3) is 16.8 Å². The number of rotatable bonds is 4. The van der Waals surface area contributed by atoms with Gasteiger partial charge in [0.25, 0.3) is 11.5 Å². The van der Waals surface area contributed by atoms with Gasteiger partial charge in [-0.15, -0.1) is 11.3 Å². The summed E-state index contributed by atoms with van der Waals surface area (Å²) in [6.07, 6.45) is 3.36. The number of pyridine rings is 1. The van der Waals surface area contributed by atoms with Gasteiger partial charge in [-0.2, -0.15) is 8.97 Å². The maximum Gasteiger partial charge on any atom is 0.354 e. The molecule has 3 heterocycles. The molecule has 1 N–H and O–H groups in total. The normalized spacial score (nSPS) is 11.1. The molecule has 0 unspecified atom stereocenters. The van der Waals surface area contributed by atoms with Gasteiger partial charge >= 0.3 is 5.56 Å². The second-order valence-corrected chi connectivity index (χ2v) is 7.95. The Bertz CT molecular complexity index is 1250. The van der Waals surface area contributed by atoms with Crippen molar-refractivity contribution in [3.8, 4) is 22.8 Å². The molecule has 0 saturated heterocycles. The fraction of sp³-hybridized carbons (Fsp3) is 0.150. The average Bonchev–Trinajstić information content (AvgIpc) is 3.10. The summed E-state index contributed by atoms with van der Waals surface area (Å²) in [5, 5.41) is 11.2. The molecular formula is C20H17ClN3O3S+. The van der Waals surface area contributed by atoms with Crippen molar-refractivity contribution in [2.75, 3.05) is 7.11 Å². The number of aryl methyl sites for hydroxylation is 1. The fourth-order valence-corrected chi connectivity index (χ4v) is 4.28. The van der Waals surface area contributed by atoms with Crippen molar-refractivity contribution in [1.82, 2.24) is 9.55 Å². The number of benzene rings is 1. The number of halogens is 1. The molecule has 0 fully saturated rings. The fourth-order valence-electron chi connectivity index (χ4n) is 3.32. The zero-order valence-corrected chi connectivity index (χ0v) is 16.8. The topological polar surface area (TPSA) is 68.5 Å². The highest BCUT2D eigenvalue weighted by Crippen LogP contribution is 2.34. The summed E-state index contributed by atoms with van der Waals surface area (Å²) >= 11 is 7.30. The molecule has 0 atom stereocenters. The largest absolute Gasteiger partial charge is 0.496 e. The lowest BCUT2D eigenvalue weighted by Gasteiger charge is -2.12. The van der Waals surface area contributed by atoms with Crippen molar-refractivity contribution in [3.05, 3.63) is 74.1 Å². The Kier molecular flexibility index (Phi) is 4.78. The zero-order chi connectivity index (χ0) is 19.8. The van der Waals surface area contributed by atoms with Gasteiger partial charge < -0.3 is 9.84 Å². The smallest absolute Gasteiger partial charge is 0.354 e. The Morgan fingerprint density at radius 1 is 1.29 bits per heavy atom. The van der Waals surface area contributed by atoms with E-state index < -0.39 is 0 Å². The Morgan fingerprint density at radius 2 is 2.07 bits per heavy atom. The van der Waals surface area contributed by atoms with Gasteiger partial charge in [-0.3, -0.25) is 0 Å². The van der Waals surface area contributed by atoms with Crippen LogP contribution in [-0.4, -0.2) is 21.8 Å². The van der Waals surface area contributed by atoms with Crippen LogP contribution in [0.4, 0.5) is 0 Å². The van der Waals surface area contributed by atoms with Crippen molar-refractivity contribution in [1.29, 1.82) is 0 Å². The van der Waals surface area contributed by atoms with E-state index in [2.05, 4.69) is 4.98 Å². The number of aromatic hydroxyl groups is 1. The van der Waals surface area contributed by atoms with Crippen molar-refractivity contribution in [2.45, 2.75) is 13.5 Å². The van der Waals surface area contributed by atoms with Crippen molar-refractivity contribution in [2.24, 2.45) is 0 Å². The molecule has 0 aliphatic carbocycles. The molecule has 4 aromatic rings. The first-order chi connectivity index (χ1) is 13.5. The molecule has 8 heteroatoms. The van der Waals surface area contributed by atoms with Crippen LogP contribution in [0.15, 0.2) is 53.6 Å². The van der Waals surface area contributed by atoms with Gasteiger partial charge in [0.2, 0.25) is 0 Å². The van der Waals surface area contributed by atoms with Crippen LogP contribution < -0.4 is 14.7 Å². The zero-order valence-electron chi connectivity index (χ0n) is 15.2. The van der Waals surface area contributed by atoms with E-state index in [0.29, 0.717) is 28.0 Å².